The molecule has 7 nitrogen and oxygen atoms in total. The van der Waals surface area contributed by atoms with E-state index in [-0.39, 0.29) is 29.8 Å². The number of hydrogen-bond acceptors (Lipinski definition) is 7. The van der Waals surface area contributed by atoms with Gasteiger partial charge in [0, 0.05) is 57.0 Å². The van der Waals surface area contributed by atoms with Gasteiger partial charge in [0.2, 0.25) is 0 Å². The van der Waals surface area contributed by atoms with Gasteiger partial charge in [-0.15, -0.1) is 0 Å². The van der Waals surface area contributed by atoms with Crippen molar-refractivity contribution in [3.63, 3.8) is 0 Å². The van der Waals surface area contributed by atoms with Crippen molar-refractivity contribution in [2.45, 2.75) is 71.8 Å². The lowest BCUT2D eigenvalue weighted by Crippen LogP contribution is -2.47. The van der Waals surface area contributed by atoms with Crippen molar-refractivity contribution >= 4 is 29.0 Å². The van der Waals surface area contributed by atoms with Crippen LogP contribution in [0, 0.1) is 5.41 Å². The molecule has 0 spiro atoms. The van der Waals surface area contributed by atoms with Crippen LogP contribution in [0.3, 0.4) is 0 Å². The van der Waals surface area contributed by atoms with Gasteiger partial charge >= 0.3 is 5.97 Å². The number of carbonyl (C=O) groups excluding carboxylic acids is 2. The Morgan fingerprint density at radius 2 is 1.83 bits per heavy atom. The van der Waals surface area contributed by atoms with E-state index < -0.39 is 0 Å². The molecule has 2 fully saturated rings. The summed E-state index contributed by atoms with van der Waals surface area (Å²) < 4.78 is 5.83. The van der Waals surface area contributed by atoms with Crippen LogP contribution in [0.15, 0.2) is 24.3 Å². The van der Waals surface area contributed by atoms with Crippen LogP contribution in [-0.4, -0.2) is 74.2 Å². The van der Waals surface area contributed by atoms with E-state index in [1.54, 1.807) is 0 Å². The second-order valence-corrected chi connectivity index (χ2v) is 9.81. The van der Waals surface area contributed by atoms with Crippen LogP contribution in [0.2, 0.25) is 5.02 Å². The minimum absolute atomic E-state index is 0.0324. The number of ether oxygens (including phenoxy) is 1. The number of cyclic esters (lactones) is 1. The van der Waals surface area contributed by atoms with Gasteiger partial charge in [-0.3, -0.25) is 14.5 Å². The Labute approximate surface area is 216 Å². The second kappa shape index (κ2) is 16.9. The average Bonchev–Trinajstić information content (AvgIpc) is 3.18. The number of halogens is 1. The summed E-state index contributed by atoms with van der Waals surface area (Å²) in [4.78, 5) is 27.2. The van der Waals surface area contributed by atoms with E-state index in [9.17, 15) is 9.59 Å². The first kappa shape index (κ1) is 31.4. The van der Waals surface area contributed by atoms with Crippen molar-refractivity contribution in [3.05, 3.63) is 29.3 Å². The first-order valence-corrected chi connectivity index (χ1v) is 13.3. The molecule has 0 radical (unpaired) electrons. The third kappa shape index (κ3) is 10.5. The van der Waals surface area contributed by atoms with Crippen molar-refractivity contribution in [1.29, 1.82) is 0 Å². The van der Waals surface area contributed by atoms with Gasteiger partial charge in [0.1, 0.15) is 11.9 Å². The molecule has 2 saturated heterocycles. The van der Waals surface area contributed by atoms with E-state index in [2.05, 4.69) is 29.7 Å². The minimum Gasteiger partial charge on any atom is -0.462 e. The molecule has 0 amide bonds. The zero-order valence-corrected chi connectivity index (χ0v) is 22.9. The zero-order chi connectivity index (χ0) is 26.3. The molecule has 3 rings (SSSR count). The maximum atomic E-state index is 12.6. The number of piperazine rings is 1. The predicted molar refractivity (Wildman–Crippen MR) is 144 cm³/mol. The Balaban J connectivity index is 0.000000779. The molecule has 0 aliphatic carbocycles. The highest BCUT2D eigenvalue weighted by molar-refractivity contribution is 6.30. The number of nitrogens with two attached hydrogens (primary N) is 1. The molecule has 3 N–H and O–H groups in total. The Morgan fingerprint density at radius 3 is 2.37 bits per heavy atom. The standard InChI is InChI=1S/C23H35ClN2O2.C3H7NO.CH4O/c1-3-5-11-23(10-4-2)18-21(28-22(23)27)9-12-25-13-15-26(16-14-25)20-8-6-7-19(24)17-20;1-3(5)2-4;1-2/h6-8,17,21H,3-5,9-16,18H2,1-2H3;2,4H2,1H3;2H,1H3. The Hall–Kier alpha value is -1.67. The molecule has 2 atom stereocenters. The maximum Gasteiger partial charge on any atom is 0.312 e. The van der Waals surface area contributed by atoms with E-state index in [1.165, 1.54) is 12.6 Å². The molecular weight excluding hydrogens is 466 g/mol. The highest BCUT2D eigenvalue weighted by atomic mass is 35.5. The number of hydrogen-bond donors (Lipinski definition) is 2. The van der Waals surface area contributed by atoms with Crippen LogP contribution in [0.25, 0.3) is 0 Å². The monoisotopic (exact) mass is 511 g/mol. The van der Waals surface area contributed by atoms with Crippen LogP contribution >= 0.6 is 11.6 Å². The lowest BCUT2D eigenvalue weighted by atomic mass is 9.76. The van der Waals surface area contributed by atoms with Crippen LogP contribution in [0.5, 0.6) is 0 Å². The Bertz CT molecular complexity index is 756. The summed E-state index contributed by atoms with van der Waals surface area (Å²) in [7, 11) is 1.00. The highest BCUT2D eigenvalue weighted by Gasteiger charge is 2.47. The van der Waals surface area contributed by atoms with Crippen molar-refractivity contribution < 1.29 is 19.4 Å². The molecule has 0 aromatic heterocycles. The summed E-state index contributed by atoms with van der Waals surface area (Å²) in [6, 6.07) is 8.10. The number of aliphatic hydroxyl groups is 1. The van der Waals surface area contributed by atoms with Gasteiger partial charge in [0.15, 0.2) is 0 Å². The molecule has 200 valence electrons. The van der Waals surface area contributed by atoms with E-state index >= 15 is 0 Å². The summed E-state index contributed by atoms with van der Waals surface area (Å²) in [5.41, 5.74) is 5.82. The minimum atomic E-state index is -0.208. The topological polar surface area (TPSA) is 96.1 Å². The number of aliphatic hydroxyl groups excluding tert-OH is 1. The number of rotatable bonds is 10. The van der Waals surface area contributed by atoms with Gasteiger partial charge in [-0.2, -0.15) is 0 Å². The van der Waals surface area contributed by atoms with Crippen molar-refractivity contribution in [2.75, 3.05) is 51.3 Å². The smallest absolute Gasteiger partial charge is 0.312 e. The maximum absolute atomic E-state index is 12.6. The average molecular weight is 512 g/mol. The predicted octanol–water partition coefficient (Wildman–Crippen LogP) is 4.29. The van der Waals surface area contributed by atoms with Crippen LogP contribution in [0.1, 0.15) is 65.7 Å². The third-order valence-corrected chi connectivity index (χ3v) is 6.90. The lowest BCUT2D eigenvalue weighted by molar-refractivity contribution is -0.149. The number of Topliss-reactive ketones (excluding diaryl/α,β-unsaturated/α-hetero) is 1. The Morgan fingerprint density at radius 1 is 1.17 bits per heavy atom. The van der Waals surface area contributed by atoms with Gasteiger partial charge in [-0.05, 0) is 44.4 Å². The van der Waals surface area contributed by atoms with Crippen molar-refractivity contribution in [2.24, 2.45) is 11.1 Å². The van der Waals surface area contributed by atoms with Crippen molar-refractivity contribution in [1.82, 2.24) is 4.90 Å². The molecule has 8 heteroatoms. The molecule has 0 saturated carbocycles. The lowest BCUT2D eigenvalue weighted by Gasteiger charge is -2.36. The van der Waals surface area contributed by atoms with Crippen LogP contribution in [-0.2, 0) is 14.3 Å². The highest BCUT2D eigenvalue weighted by Crippen LogP contribution is 2.43. The van der Waals surface area contributed by atoms with E-state index in [4.69, 9.17) is 27.2 Å². The molecule has 35 heavy (non-hydrogen) atoms. The number of unbranched alkanes of at least 4 members (excludes halogenated alkanes) is 1. The van der Waals surface area contributed by atoms with E-state index in [1.807, 2.05) is 18.2 Å². The number of anilines is 1. The quantitative estimate of drug-likeness (QED) is 0.452. The second-order valence-electron chi connectivity index (χ2n) is 9.37. The third-order valence-electron chi connectivity index (χ3n) is 6.66. The molecule has 2 unspecified atom stereocenters. The molecule has 2 aliphatic rings. The SMILES string of the molecule is CC(=O)CN.CCCCC1(CCC)CC(CCN2CCN(c3cccc(Cl)c3)CC2)OC1=O.CO. The van der Waals surface area contributed by atoms with Gasteiger partial charge in [0.05, 0.1) is 12.0 Å². The number of benzene rings is 1. The van der Waals surface area contributed by atoms with Gasteiger partial charge in [-0.25, -0.2) is 0 Å². The molecule has 0 bridgehead atoms. The summed E-state index contributed by atoms with van der Waals surface area (Å²) in [5, 5.41) is 7.79. The molecule has 1 aromatic rings. The van der Waals surface area contributed by atoms with E-state index in [0.717, 1.165) is 89.8 Å². The summed E-state index contributed by atoms with van der Waals surface area (Å²) in [5.74, 6) is 0.101. The fourth-order valence-corrected chi connectivity index (χ4v) is 4.94. The fraction of sp³-hybridized carbons (Fsp3) is 0.704. The normalized spacial score (nSPS) is 22.0. The number of carbonyl (C=O) groups is 2. The largest absolute Gasteiger partial charge is 0.462 e. The summed E-state index contributed by atoms with van der Waals surface area (Å²) in [6.07, 6.45) is 7.25. The van der Waals surface area contributed by atoms with Gasteiger partial charge in [0.25, 0.3) is 0 Å². The number of esters is 1. The molecule has 2 aliphatic heterocycles. The van der Waals surface area contributed by atoms with Crippen molar-refractivity contribution in [3.8, 4) is 0 Å². The summed E-state index contributed by atoms with van der Waals surface area (Å²) >= 11 is 6.13. The summed E-state index contributed by atoms with van der Waals surface area (Å²) in [6.45, 7) is 11.1. The first-order valence-electron chi connectivity index (χ1n) is 12.9. The molecule has 1 aromatic carbocycles. The number of nitrogens with zero attached hydrogens (tertiary/aromatic N) is 2. The van der Waals surface area contributed by atoms with E-state index in [0.29, 0.717) is 0 Å². The number of ketones is 1. The van der Waals surface area contributed by atoms with Gasteiger partial charge < -0.3 is 20.5 Å². The molecular formula is C27H46ClN3O4. The van der Waals surface area contributed by atoms with Crippen LogP contribution in [0.4, 0.5) is 5.69 Å². The first-order chi connectivity index (χ1) is 16.8. The molecule has 2 heterocycles. The fourth-order valence-electron chi connectivity index (χ4n) is 4.75. The zero-order valence-electron chi connectivity index (χ0n) is 22.1. The van der Waals surface area contributed by atoms with Gasteiger partial charge in [-0.1, -0.05) is 50.8 Å². The Kier molecular flexibility index (Phi) is 15.1. The van der Waals surface area contributed by atoms with Crippen LogP contribution < -0.4 is 10.6 Å².